The van der Waals surface area contributed by atoms with Crippen molar-refractivity contribution >= 4 is 11.8 Å². The average molecular weight is 147 g/mol. The minimum Gasteiger partial charge on any atom is -0.308 e. The van der Waals surface area contributed by atoms with E-state index in [0.29, 0.717) is 0 Å². The smallest absolute Gasteiger partial charge is 0.0417 e. The quantitative estimate of drug-likeness (QED) is 0.456. The lowest BCUT2D eigenvalue weighted by molar-refractivity contribution is 0.756. The predicted octanol–water partition coefficient (Wildman–Crippen LogP) is 2.09. The highest BCUT2D eigenvalue weighted by Gasteiger charge is 1.83. The average Bonchev–Trinajstić information content (AvgIpc) is 1.89. The molecular weight excluding hydrogens is 130 g/mol. The van der Waals surface area contributed by atoms with Crippen molar-refractivity contribution in [2.24, 2.45) is 0 Å². The fraction of sp³-hybridized carbons (Fsp3) is 1.00. The van der Waals surface area contributed by atoms with Crippen molar-refractivity contribution in [2.75, 3.05) is 18.2 Å². The third-order valence-corrected chi connectivity index (χ3v) is 2.08. The Kier molecular flexibility index (Phi) is 8.60. The Balaban J connectivity index is 2.60. The van der Waals surface area contributed by atoms with E-state index in [1.54, 1.807) is 0 Å². The van der Waals surface area contributed by atoms with Gasteiger partial charge in [0.2, 0.25) is 0 Å². The molecule has 9 heavy (non-hydrogen) atoms. The van der Waals surface area contributed by atoms with Gasteiger partial charge in [-0.05, 0) is 25.1 Å². The van der Waals surface area contributed by atoms with Crippen LogP contribution in [0.1, 0.15) is 26.7 Å². The molecule has 0 atom stereocenters. The minimum absolute atomic E-state index is 1.13. The van der Waals surface area contributed by atoms with Crippen LogP contribution < -0.4 is 5.32 Å². The van der Waals surface area contributed by atoms with Gasteiger partial charge in [-0.1, -0.05) is 13.8 Å². The second-order valence-electron chi connectivity index (χ2n) is 2.05. The van der Waals surface area contributed by atoms with E-state index < -0.39 is 0 Å². The second-order valence-corrected chi connectivity index (χ2v) is 3.16. The van der Waals surface area contributed by atoms with Crippen molar-refractivity contribution in [2.45, 2.75) is 26.7 Å². The molecule has 0 aromatic heterocycles. The second kappa shape index (κ2) is 8.31. The van der Waals surface area contributed by atoms with Crippen LogP contribution in [0, 0.1) is 0 Å². The molecule has 0 saturated heterocycles. The largest absolute Gasteiger partial charge is 0.308 e. The normalized spacial score (nSPS) is 10.0. The molecule has 0 bridgehead atoms. The van der Waals surface area contributed by atoms with Crippen molar-refractivity contribution in [3.05, 3.63) is 0 Å². The van der Waals surface area contributed by atoms with E-state index in [0.717, 1.165) is 12.4 Å². The highest BCUT2D eigenvalue weighted by Crippen LogP contribution is 1.97. The lowest BCUT2D eigenvalue weighted by atomic mass is 10.5. The summed E-state index contributed by atoms with van der Waals surface area (Å²) in [7, 11) is 0. The van der Waals surface area contributed by atoms with Gasteiger partial charge in [-0.3, -0.25) is 0 Å². The van der Waals surface area contributed by atoms with Crippen LogP contribution in [0.5, 0.6) is 0 Å². The fourth-order valence-electron chi connectivity index (χ4n) is 0.538. The number of hydrogen-bond acceptors (Lipinski definition) is 2. The van der Waals surface area contributed by atoms with Gasteiger partial charge in [0.1, 0.15) is 0 Å². The third-order valence-electron chi connectivity index (χ3n) is 0.979. The summed E-state index contributed by atoms with van der Waals surface area (Å²) in [5, 5.41) is 3.33. The summed E-state index contributed by atoms with van der Waals surface area (Å²) in [6.45, 7) is 5.57. The third kappa shape index (κ3) is 8.31. The number of nitrogens with one attached hydrogen (secondary N) is 1. The van der Waals surface area contributed by atoms with Gasteiger partial charge in [0, 0.05) is 5.88 Å². The van der Waals surface area contributed by atoms with Gasteiger partial charge in [-0.2, -0.15) is 0 Å². The summed E-state index contributed by atoms with van der Waals surface area (Å²) in [5.74, 6) is 2.42. The molecule has 0 aliphatic heterocycles. The van der Waals surface area contributed by atoms with E-state index in [9.17, 15) is 0 Å². The highest BCUT2D eigenvalue weighted by molar-refractivity contribution is 7.99. The maximum Gasteiger partial charge on any atom is 0.0417 e. The molecule has 0 rings (SSSR count). The lowest BCUT2D eigenvalue weighted by Gasteiger charge is -1.99. The molecule has 1 nitrogen and oxygen atoms in total. The molecule has 1 N–H and O–H groups in total. The van der Waals surface area contributed by atoms with E-state index >= 15 is 0 Å². The van der Waals surface area contributed by atoms with Crippen LogP contribution >= 0.6 is 11.8 Å². The summed E-state index contributed by atoms with van der Waals surface area (Å²) in [6, 6.07) is 0. The van der Waals surface area contributed by atoms with Gasteiger partial charge in [0.25, 0.3) is 0 Å². The molecule has 56 valence electrons. The topological polar surface area (TPSA) is 12.0 Å². The first-order chi connectivity index (χ1) is 4.41. The van der Waals surface area contributed by atoms with Gasteiger partial charge < -0.3 is 5.32 Å². The number of rotatable bonds is 6. The summed E-state index contributed by atoms with van der Waals surface area (Å²) < 4.78 is 0. The Morgan fingerprint density at radius 1 is 1.22 bits per heavy atom. The molecule has 0 radical (unpaired) electrons. The molecule has 0 aromatic rings. The number of hydrogen-bond donors (Lipinski definition) is 1. The summed E-state index contributed by atoms with van der Waals surface area (Å²) in [5.41, 5.74) is 0. The Labute approximate surface area is 62.6 Å². The molecule has 0 aliphatic carbocycles. The van der Waals surface area contributed by atoms with Gasteiger partial charge in [-0.15, -0.1) is 11.8 Å². The zero-order chi connectivity index (χ0) is 6.95. The van der Waals surface area contributed by atoms with Crippen molar-refractivity contribution in [3.8, 4) is 0 Å². The first kappa shape index (κ1) is 9.31. The van der Waals surface area contributed by atoms with E-state index in [1.807, 2.05) is 11.8 Å². The van der Waals surface area contributed by atoms with Crippen LogP contribution in [0.4, 0.5) is 0 Å². The first-order valence-corrected chi connectivity index (χ1v) is 4.85. The molecule has 0 aliphatic rings. The van der Waals surface area contributed by atoms with Gasteiger partial charge in [-0.25, -0.2) is 0 Å². The standard InChI is InChI=1S/C7H17NS/c1-3-5-8-7-9-6-4-2/h8H,3-7H2,1-2H3. The molecule has 0 fully saturated rings. The van der Waals surface area contributed by atoms with Crippen LogP contribution in [0.15, 0.2) is 0 Å². The van der Waals surface area contributed by atoms with Crippen molar-refractivity contribution < 1.29 is 0 Å². The summed E-state index contributed by atoms with van der Waals surface area (Å²) in [6.07, 6.45) is 2.53. The lowest BCUT2D eigenvalue weighted by Crippen LogP contribution is -2.13. The molecule has 2 heteroatoms. The Morgan fingerprint density at radius 3 is 2.56 bits per heavy atom. The van der Waals surface area contributed by atoms with E-state index in [2.05, 4.69) is 19.2 Å². The van der Waals surface area contributed by atoms with Gasteiger partial charge in [0.15, 0.2) is 0 Å². The molecule has 0 unspecified atom stereocenters. The Bertz CT molecular complexity index is 42.2. The van der Waals surface area contributed by atoms with Crippen molar-refractivity contribution in [1.29, 1.82) is 0 Å². The Hall–Kier alpha value is 0.310. The van der Waals surface area contributed by atoms with Crippen LogP contribution in [0.3, 0.4) is 0 Å². The van der Waals surface area contributed by atoms with Crippen molar-refractivity contribution in [3.63, 3.8) is 0 Å². The Morgan fingerprint density at radius 2 is 2.00 bits per heavy atom. The highest BCUT2D eigenvalue weighted by atomic mass is 32.2. The van der Waals surface area contributed by atoms with Gasteiger partial charge >= 0.3 is 0 Å². The minimum atomic E-state index is 1.13. The molecule has 0 saturated carbocycles. The van der Waals surface area contributed by atoms with Crippen LogP contribution in [0.2, 0.25) is 0 Å². The van der Waals surface area contributed by atoms with E-state index in [4.69, 9.17) is 0 Å². The van der Waals surface area contributed by atoms with E-state index in [1.165, 1.54) is 18.6 Å². The fourth-order valence-corrected chi connectivity index (χ4v) is 1.26. The first-order valence-electron chi connectivity index (χ1n) is 3.70. The van der Waals surface area contributed by atoms with Crippen LogP contribution in [-0.2, 0) is 0 Å². The van der Waals surface area contributed by atoms with E-state index in [-0.39, 0.29) is 0 Å². The zero-order valence-corrected chi connectivity index (χ0v) is 7.26. The van der Waals surface area contributed by atoms with Crippen LogP contribution in [-0.4, -0.2) is 18.2 Å². The monoisotopic (exact) mass is 147 g/mol. The van der Waals surface area contributed by atoms with Gasteiger partial charge in [0.05, 0.1) is 0 Å². The predicted molar refractivity (Wildman–Crippen MR) is 45.9 cm³/mol. The maximum atomic E-state index is 3.33. The molecule has 0 aromatic carbocycles. The zero-order valence-electron chi connectivity index (χ0n) is 6.44. The number of thioether (sulfide) groups is 1. The molecule has 0 spiro atoms. The molecular formula is C7H17NS. The summed E-state index contributed by atoms with van der Waals surface area (Å²) in [4.78, 5) is 0. The van der Waals surface area contributed by atoms with Crippen molar-refractivity contribution in [1.82, 2.24) is 5.32 Å². The SMILES string of the molecule is CCCNCSCCC. The summed E-state index contributed by atoms with van der Waals surface area (Å²) >= 11 is 1.98. The molecule has 0 heterocycles. The van der Waals surface area contributed by atoms with Crippen LogP contribution in [0.25, 0.3) is 0 Å². The molecule has 0 amide bonds. The maximum absolute atomic E-state index is 3.33.